The summed E-state index contributed by atoms with van der Waals surface area (Å²) in [6.45, 7) is 2.03. The number of hydrogen-bond acceptors (Lipinski definition) is 5. The zero-order valence-corrected chi connectivity index (χ0v) is 11.1. The van der Waals surface area contributed by atoms with E-state index in [1.54, 1.807) is 34.3 Å². The molecular weight excluding hydrogens is 270 g/mol. The van der Waals surface area contributed by atoms with Crippen LogP contribution in [0, 0.1) is 0 Å². The molecule has 92 valence electrons. The van der Waals surface area contributed by atoms with Gasteiger partial charge in [-0.25, -0.2) is 9.50 Å². The number of nitrogens with one attached hydrogen (secondary N) is 1. The number of hydrogen-bond donors (Lipinski definition) is 1. The maximum atomic E-state index is 5.90. The minimum Gasteiger partial charge on any atom is -0.344 e. The Bertz CT molecular complexity index is 663. The van der Waals surface area contributed by atoms with Crippen LogP contribution in [0.1, 0.15) is 18.0 Å². The van der Waals surface area contributed by atoms with Crippen LogP contribution in [0.4, 0.5) is 5.95 Å². The molecule has 3 heterocycles. The van der Waals surface area contributed by atoms with Gasteiger partial charge in [-0.3, -0.25) is 0 Å². The van der Waals surface area contributed by atoms with Gasteiger partial charge in [-0.05, 0) is 19.1 Å². The minimum absolute atomic E-state index is 0.0814. The first-order valence-electron chi connectivity index (χ1n) is 5.40. The summed E-state index contributed by atoms with van der Waals surface area (Å²) in [5, 5.41) is 11.1. The Kier molecular flexibility index (Phi) is 2.89. The van der Waals surface area contributed by atoms with Crippen molar-refractivity contribution in [3.63, 3.8) is 0 Å². The first-order chi connectivity index (χ1) is 8.72. The third-order valence-electron chi connectivity index (χ3n) is 2.46. The molecule has 0 spiro atoms. The van der Waals surface area contributed by atoms with Gasteiger partial charge in [-0.2, -0.15) is 4.98 Å². The second-order valence-corrected chi connectivity index (χ2v) is 5.18. The number of halogens is 1. The lowest BCUT2D eigenvalue weighted by molar-refractivity contribution is 0.842. The van der Waals surface area contributed by atoms with Crippen LogP contribution in [-0.2, 0) is 0 Å². The van der Waals surface area contributed by atoms with Gasteiger partial charge in [0.1, 0.15) is 5.01 Å². The molecule has 0 amide bonds. The van der Waals surface area contributed by atoms with E-state index >= 15 is 0 Å². The molecule has 7 heteroatoms. The average molecular weight is 280 g/mol. The topological polar surface area (TPSA) is 55.1 Å². The summed E-state index contributed by atoms with van der Waals surface area (Å²) in [6.07, 6.45) is 3.51. The highest BCUT2D eigenvalue weighted by Crippen LogP contribution is 2.19. The van der Waals surface area contributed by atoms with Crippen LogP contribution in [0.2, 0.25) is 5.02 Å². The Morgan fingerprint density at radius 1 is 1.44 bits per heavy atom. The Morgan fingerprint density at radius 3 is 3.11 bits per heavy atom. The number of pyridine rings is 1. The summed E-state index contributed by atoms with van der Waals surface area (Å²) >= 11 is 7.50. The lowest BCUT2D eigenvalue weighted by atomic mass is 10.4. The van der Waals surface area contributed by atoms with E-state index in [1.807, 2.05) is 18.4 Å². The normalized spacial score (nSPS) is 12.8. The van der Waals surface area contributed by atoms with Crippen LogP contribution >= 0.6 is 22.9 Å². The van der Waals surface area contributed by atoms with Crippen LogP contribution in [0.15, 0.2) is 29.9 Å². The molecule has 3 rings (SSSR count). The molecule has 0 aromatic carbocycles. The van der Waals surface area contributed by atoms with Gasteiger partial charge in [-0.15, -0.1) is 16.4 Å². The molecule has 0 saturated carbocycles. The zero-order valence-electron chi connectivity index (χ0n) is 9.54. The van der Waals surface area contributed by atoms with Crippen molar-refractivity contribution < 1.29 is 0 Å². The maximum absolute atomic E-state index is 5.90. The highest BCUT2D eigenvalue weighted by Gasteiger charge is 2.11. The number of rotatable bonds is 3. The highest BCUT2D eigenvalue weighted by molar-refractivity contribution is 7.09. The molecule has 0 fully saturated rings. The third kappa shape index (κ3) is 2.16. The standard InChI is InChI=1S/C11H10ClN5S/c1-7(10-13-4-5-18-10)14-11-15-9-3-2-8(12)6-17(9)16-11/h2-7H,1H3,(H,14,16). The van der Waals surface area contributed by atoms with E-state index in [4.69, 9.17) is 11.6 Å². The van der Waals surface area contributed by atoms with Crippen LogP contribution in [0.5, 0.6) is 0 Å². The molecule has 1 atom stereocenters. The fourth-order valence-corrected chi connectivity index (χ4v) is 2.42. The van der Waals surface area contributed by atoms with Gasteiger partial charge in [-0.1, -0.05) is 11.6 Å². The minimum atomic E-state index is 0.0814. The average Bonchev–Trinajstić information content (AvgIpc) is 2.95. The van der Waals surface area contributed by atoms with Crippen LogP contribution in [0.25, 0.3) is 5.65 Å². The van der Waals surface area contributed by atoms with E-state index in [0.717, 1.165) is 10.7 Å². The second-order valence-electron chi connectivity index (χ2n) is 3.82. The first-order valence-corrected chi connectivity index (χ1v) is 6.66. The summed E-state index contributed by atoms with van der Waals surface area (Å²) in [5.41, 5.74) is 0.758. The molecule has 0 aliphatic rings. The monoisotopic (exact) mass is 279 g/mol. The summed E-state index contributed by atoms with van der Waals surface area (Å²) in [4.78, 5) is 8.62. The van der Waals surface area contributed by atoms with E-state index in [2.05, 4.69) is 20.4 Å². The lowest BCUT2D eigenvalue weighted by Gasteiger charge is -2.07. The van der Waals surface area contributed by atoms with E-state index in [0.29, 0.717) is 11.0 Å². The van der Waals surface area contributed by atoms with Gasteiger partial charge in [0.15, 0.2) is 5.65 Å². The van der Waals surface area contributed by atoms with Crippen LogP contribution < -0.4 is 5.32 Å². The van der Waals surface area contributed by atoms with E-state index in [1.165, 1.54) is 0 Å². The lowest BCUT2D eigenvalue weighted by Crippen LogP contribution is -2.07. The van der Waals surface area contributed by atoms with Gasteiger partial charge < -0.3 is 5.32 Å². The van der Waals surface area contributed by atoms with Gasteiger partial charge in [0, 0.05) is 17.8 Å². The first kappa shape index (κ1) is 11.4. The number of thiazole rings is 1. The maximum Gasteiger partial charge on any atom is 0.243 e. The molecule has 0 aliphatic heterocycles. The van der Waals surface area contributed by atoms with E-state index < -0.39 is 0 Å². The van der Waals surface area contributed by atoms with Crippen molar-refractivity contribution in [2.24, 2.45) is 0 Å². The van der Waals surface area contributed by atoms with Crippen molar-refractivity contribution in [2.45, 2.75) is 13.0 Å². The Hall–Kier alpha value is -1.66. The van der Waals surface area contributed by atoms with Gasteiger partial charge in [0.05, 0.1) is 11.1 Å². The van der Waals surface area contributed by atoms with Crippen molar-refractivity contribution in [1.82, 2.24) is 19.6 Å². The fraction of sp³-hybridized carbons (Fsp3) is 0.182. The molecule has 5 nitrogen and oxygen atoms in total. The summed E-state index contributed by atoms with van der Waals surface area (Å²) < 4.78 is 1.65. The molecular formula is C11H10ClN5S. The zero-order chi connectivity index (χ0) is 12.5. The molecule has 0 aliphatic carbocycles. The number of aromatic nitrogens is 4. The molecule has 0 saturated heterocycles. The number of fused-ring (bicyclic) bond motifs is 1. The van der Waals surface area contributed by atoms with Gasteiger partial charge in [0.25, 0.3) is 0 Å². The molecule has 1 unspecified atom stereocenters. The Balaban J connectivity index is 1.86. The summed E-state index contributed by atoms with van der Waals surface area (Å²) in [6, 6.07) is 3.70. The second kappa shape index (κ2) is 4.55. The van der Waals surface area contributed by atoms with E-state index in [9.17, 15) is 0 Å². The molecule has 3 aromatic rings. The molecule has 0 bridgehead atoms. The van der Waals surface area contributed by atoms with Crippen molar-refractivity contribution in [3.8, 4) is 0 Å². The molecule has 1 N–H and O–H groups in total. The quantitative estimate of drug-likeness (QED) is 0.801. The molecule has 18 heavy (non-hydrogen) atoms. The highest BCUT2D eigenvalue weighted by atomic mass is 35.5. The third-order valence-corrected chi connectivity index (χ3v) is 3.64. The summed E-state index contributed by atoms with van der Waals surface area (Å²) in [5.74, 6) is 0.569. The molecule has 3 aromatic heterocycles. The predicted molar refractivity (Wildman–Crippen MR) is 72.1 cm³/mol. The summed E-state index contributed by atoms with van der Waals surface area (Å²) in [7, 11) is 0. The largest absolute Gasteiger partial charge is 0.344 e. The van der Waals surface area contributed by atoms with Gasteiger partial charge >= 0.3 is 0 Å². The van der Waals surface area contributed by atoms with Gasteiger partial charge in [0.2, 0.25) is 5.95 Å². The van der Waals surface area contributed by atoms with Crippen molar-refractivity contribution in [3.05, 3.63) is 39.9 Å². The Morgan fingerprint density at radius 2 is 2.33 bits per heavy atom. The SMILES string of the molecule is CC(Nc1nc2ccc(Cl)cn2n1)c1nccs1. The fourth-order valence-electron chi connectivity index (χ4n) is 1.62. The van der Waals surface area contributed by atoms with E-state index in [-0.39, 0.29) is 6.04 Å². The smallest absolute Gasteiger partial charge is 0.243 e. The van der Waals surface area contributed by atoms with Crippen molar-refractivity contribution >= 4 is 34.5 Å². The predicted octanol–water partition coefficient (Wildman–Crippen LogP) is 3.01. The van der Waals surface area contributed by atoms with Crippen LogP contribution in [0.3, 0.4) is 0 Å². The number of anilines is 1. The number of nitrogens with zero attached hydrogens (tertiary/aromatic N) is 4. The Labute approximate surface area is 112 Å². The van der Waals surface area contributed by atoms with Crippen LogP contribution in [-0.4, -0.2) is 19.6 Å². The molecule has 0 radical (unpaired) electrons. The van der Waals surface area contributed by atoms with Crippen molar-refractivity contribution in [2.75, 3.05) is 5.32 Å². The van der Waals surface area contributed by atoms with Crippen molar-refractivity contribution in [1.29, 1.82) is 0 Å².